The molecule has 1 aromatic heterocycles. The van der Waals surface area contributed by atoms with E-state index in [-0.39, 0.29) is 5.56 Å². The highest BCUT2D eigenvalue weighted by atomic mass is 19.2. The van der Waals surface area contributed by atoms with Gasteiger partial charge in [0.1, 0.15) is 0 Å². The third-order valence-electron chi connectivity index (χ3n) is 3.43. The van der Waals surface area contributed by atoms with Gasteiger partial charge in [0.05, 0.1) is 5.69 Å². The maximum absolute atomic E-state index is 14.0. The first-order valence-corrected chi connectivity index (χ1v) is 6.37. The standard InChI is InChI=1S/C17H13F2N/c1-10-3-5-12-8-15(20-9-13(12)7-10)14-6-4-11(2)16(18)17(14)19/h3-9H,1-2H3. The summed E-state index contributed by atoms with van der Waals surface area (Å²) in [5.74, 6) is -1.66. The topological polar surface area (TPSA) is 12.9 Å². The zero-order valence-corrected chi connectivity index (χ0v) is 11.2. The predicted molar refractivity (Wildman–Crippen MR) is 76.6 cm³/mol. The van der Waals surface area contributed by atoms with E-state index in [1.54, 1.807) is 31.3 Å². The van der Waals surface area contributed by atoms with Crippen LogP contribution in [0, 0.1) is 25.5 Å². The molecule has 0 amide bonds. The van der Waals surface area contributed by atoms with Crippen LogP contribution in [0.2, 0.25) is 0 Å². The number of hydrogen-bond acceptors (Lipinski definition) is 1. The second kappa shape index (κ2) is 4.67. The van der Waals surface area contributed by atoms with Crippen LogP contribution in [0.1, 0.15) is 11.1 Å². The van der Waals surface area contributed by atoms with Crippen molar-refractivity contribution >= 4 is 10.8 Å². The van der Waals surface area contributed by atoms with Gasteiger partial charge in [0.25, 0.3) is 0 Å². The molecule has 0 unspecified atom stereocenters. The molecule has 3 aromatic rings. The molecule has 3 heteroatoms. The van der Waals surface area contributed by atoms with Gasteiger partial charge in [-0.05, 0) is 43.0 Å². The summed E-state index contributed by atoms with van der Waals surface area (Å²) in [7, 11) is 0. The van der Waals surface area contributed by atoms with Crippen LogP contribution in [-0.2, 0) is 0 Å². The van der Waals surface area contributed by atoms with Gasteiger partial charge in [0, 0.05) is 17.1 Å². The zero-order chi connectivity index (χ0) is 14.3. The van der Waals surface area contributed by atoms with E-state index in [2.05, 4.69) is 4.98 Å². The van der Waals surface area contributed by atoms with Crippen molar-refractivity contribution in [3.8, 4) is 11.3 Å². The molecule has 0 saturated heterocycles. The van der Waals surface area contributed by atoms with Gasteiger partial charge in [-0.15, -0.1) is 0 Å². The average molecular weight is 269 g/mol. The molecule has 0 bridgehead atoms. The minimum absolute atomic E-state index is 0.190. The largest absolute Gasteiger partial charge is 0.255 e. The molecule has 0 radical (unpaired) electrons. The van der Waals surface area contributed by atoms with Crippen molar-refractivity contribution < 1.29 is 8.78 Å². The molecule has 0 fully saturated rings. The Morgan fingerprint density at radius 1 is 0.850 bits per heavy atom. The van der Waals surface area contributed by atoms with E-state index in [4.69, 9.17) is 0 Å². The number of benzene rings is 2. The van der Waals surface area contributed by atoms with E-state index in [1.165, 1.54) is 0 Å². The highest BCUT2D eigenvalue weighted by molar-refractivity contribution is 5.85. The summed E-state index contributed by atoms with van der Waals surface area (Å²) < 4.78 is 27.6. The number of aromatic nitrogens is 1. The Labute approximate surface area is 115 Å². The lowest BCUT2D eigenvalue weighted by molar-refractivity contribution is 0.505. The van der Waals surface area contributed by atoms with Gasteiger partial charge in [0.15, 0.2) is 11.6 Å². The molecule has 0 aliphatic carbocycles. The Hall–Kier alpha value is -2.29. The fourth-order valence-corrected chi connectivity index (χ4v) is 2.25. The highest BCUT2D eigenvalue weighted by Crippen LogP contribution is 2.27. The fourth-order valence-electron chi connectivity index (χ4n) is 2.25. The quantitative estimate of drug-likeness (QED) is 0.618. The number of hydrogen-bond donors (Lipinski definition) is 0. The van der Waals surface area contributed by atoms with Crippen LogP contribution in [-0.4, -0.2) is 4.98 Å². The Balaban J connectivity index is 2.20. The van der Waals surface area contributed by atoms with Crippen LogP contribution in [0.15, 0.2) is 42.6 Å². The van der Waals surface area contributed by atoms with Crippen molar-refractivity contribution in [2.45, 2.75) is 13.8 Å². The Kier molecular flexibility index (Phi) is 2.97. The Bertz CT molecular complexity index is 809. The van der Waals surface area contributed by atoms with Gasteiger partial charge in [-0.25, -0.2) is 8.78 Å². The zero-order valence-electron chi connectivity index (χ0n) is 11.2. The third kappa shape index (κ3) is 2.05. The Morgan fingerprint density at radius 3 is 2.45 bits per heavy atom. The summed E-state index contributed by atoms with van der Waals surface area (Å²) in [6.45, 7) is 3.54. The van der Waals surface area contributed by atoms with Crippen molar-refractivity contribution in [2.24, 2.45) is 0 Å². The molecule has 0 N–H and O–H groups in total. The molecule has 2 aromatic carbocycles. The molecule has 3 rings (SSSR count). The molecule has 1 nitrogen and oxygen atoms in total. The SMILES string of the molecule is Cc1ccc2cc(-c3ccc(C)c(F)c3F)ncc2c1. The van der Waals surface area contributed by atoms with Crippen molar-refractivity contribution in [3.63, 3.8) is 0 Å². The summed E-state index contributed by atoms with van der Waals surface area (Å²) >= 11 is 0. The van der Waals surface area contributed by atoms with E-state index in [9.17, 15) is 8.78 Å². The molecule has 0 aliphatic heterocycles. The minimum atomic E-state index is -0.844. The first kappa shape index (κ1) is 12.7. The fraction of sp³-hybridized carbons (Fsp3) is 0.118. The molecule has 100 valence electrons. The smallest absolute Gasteiger partial charge is 0.168 e. The number of halogens is 2. The van der Waals surface area contributed by atoms with Crippen LogP contribution in [0.3, 0.4) is 0 Å². The van der Waals surface area contributed by atoms with Gasteiger partial charge in [-0.1, -0.05) is 23.8 Å². The second-order valence-electron chi connectivity index (χ2n) is 4.98. The lowest BCUT2D eigenvalue weighted by atomic mass is 10.0. The van der Waals surface area contributed by atoms with Crippen molar-refractivity contribution in [2.75, 3.05) is 0 Å². The number of pyridine rings is 1. The predicted octanol–water partition coefficient (Wildman–Crippen LogP) is 4.80. The highest BCUT2D eigenvalue weighted by Gasteiger charge is 2.13. The maximum atomic E-state index is 14.0. The van der Waals surface area contributed by atoms with Gasteiger partial charge in [-0.3, -0.25) is 4.98 Å². The molecule has 0 aliphatic rings. The van der Waals surface area contributed by atoms with E-state index < -0.39 is 11.6 Å². The summed E-state index contributed by atoms with van der Waals surface area (Å²) in [5, 5.41) is 1.95. The first-order valence-electron chi connectivity index (χ1n) is 6.37. The monoisotopic (exact) mass is 269 g/mol. The van der Waals surface area contributed by atoms with Crippen molar-refractivity contribution in [1.29, 1.82) is 0 Å². The first-order chi connectivity index (χ1) is 9.56. The number of nitrogens with zero attached hydrogens (tertiary/aromatic N) is 1. The van der Waals surface area contributed by atoms with Gasteiger partial charge in [-0.2, -0.15) is 0 Å². The second-order valence-corrected chi connectivity index (χ2v) is 4.98. The van der Waals surface area contributed by atoms with E-state index in [1.807, 2.05) is 25.1 Å². The minimum Gasteiger partial charge on any atom is -0.255 e. The third-order valence-corrected chi connectivity index (χ3v) is 3.43. The van der Waals surface area contributed by atoms with Crippen LogP contribution in [0.25, 0.3) is 22.0 Å². The molecule has 0 saturated carbocycles. The normalized spacial score (nSPS) is 11.0. The van der Waals surface area contributed by atoms with Crippen LogP contribution < -0.4 is 0 Å². The summed E-state index contributed by atoms with van der Waals surface area (Å²) in [4.78, 5) is 4.24. The number of aryl methyl sites for hydroxylation is 2. The number of rotatable bonds is 1. The molecule has 0 spiro atoms. The lowest BCUT2D eigenvalue weighted by Gasteiger charge is -2.07. The maximum Gasteiger partial charge on any atom is 0.168 e. The average Bonchev–Trinajstić information content (AvgIpc) is 2.44. The van der Waals surface area contributed by atoms with E-state index >= 15 is 0 Å². The van der Waals surface area contributed by atoms with Crippen molar-refractivity contribution in [3.05, 3.63) is 65.4 Å². The summed E-state index contributed by atoms with van der Waals surface area (Å²) in [5.41, 5.74) is 2.07. The van der Waals surface area contributed by atoms with Crippen molar-refractivity contribution in [1.82, 2.24) is 4.98 Å². The molecule has 1 heterocycles. The van der Waals surface area contributed by atoms with Crippen LogP contribution >= 0.6 is 0 Å². The Morgan fingerprint density at radius 2 is 1.65 bits per heavy atom. The number of fused-ring (bicyclic) bond motifs is 1. The van der Waals surface area contributed by atoms with E-state index in [0.717, 1.165) is 16.3 Å². The molecule has 0 atom stereocenters. The molecular weight excluding hydrogens is 256 g/mol. The van der Waals surface area contributed by atoms with Gasteiger partial charge >= 0.3 is 0 Å². The van der Waals surface area contributed by atoms with Gasteiger partial charge in [0.2, 0.25) is 0 Å². The molecular formula is C17H13F2N. The molecule has 20 heavy (non-hydrogen) atoms. The van der Waals surface area contributed by atoms with Gasteiger partial charge < -0.3 is 0 Å². The van der Waals surface area contributed by atoms with Crippen LogP contribution in [0.5, 0.6) is 0 Å². The van der Waals surface area contributed by atoms with E-state index in [0.29, 0.717) is 11.3 Å². The summed E-state index contributed by atoms with van der Waals surface area (Å²) in [6.07, 6.45) is 1.69. The lowest BCUT2D eigenvalue weighted by Crippen LogP contribution is -1.94. The summed E-state index contributed by atoms with van der Waals surface area (Å²) in [6, 6.07) is 10.9. The van der Waals surface area contributed by atoms with Crippen LogP contribution in [0.4, 0.5) is 8.78 Å².